The van der Waals surface area contributed by atoms with Crippen molar-refractivity contribution in [3.8, 4) is 5.75 Å². The minimum Gasteiger partial charge on any atom is -0.490 e. The van der Waals surface area contributed by atoms with Crippen LogP contribution in [0.25, 0.3) is 6.08 Å². The summed E-state index contributed by atoms with van der Waals surface area (Å²) in [4.78, 5) is 26.0. The lowest BCUT2D eigenvalue weighted by Crippen LogP contribution is -2.32. The number of ether oxygens (including phenoxy) is 1. The molecule has 4 nitrogen and oxygen atoms in total. The third kappa shape index (κ3) is 4.18. The Balaban J connectivity index is 1.68. The van der Waals surface area contributed by atoms with E-state index in [-0.39, 0.29) is 29.2 Å². The molecule has 134 valence electrons. The zero-order valence-corrected chi connectivity index (χ0v) is 16.3. The minimum absolute atomic E-state index is 0.122. The van der Waals surface area contributed by atoms with Gasteiger partial charge in [0.1, 0.15) is 12.4 Å². The SMILES string of the molecule is O=C1S/C(=C\c2cccc(Cl)c2Cl)C(=O)N1CCOc1ccccc1Cl. The maximum Gasteiger partial charge on any atom is 0.293 e. The molecule has 0 unspecified atom stereocenters. The van der Waals surface area contributed by atoms with Gasteiger partial charge in [0.2, 0.25) is 0 Å². The summed E-state index contributed by atoms with van der Waals surface area (Å²) < 4.78 is 5.54. The number of nitrogens with zero attached hydrogens (tertiary/aromatic N) is 1. The van der Waals surface area contributed by atoms with Crippen LogP contribution in [0, 0.1) is 0 Å². The lowest BCUT2D eigenvalue weighted by Gasteiger charge is -2.13. The topological polar surface area (TPSA) is 46.6 Å². The molecule has 1 heterocycles. The van der Waals surface area contributed by atoms with Gasteiger partial charge >= 0.3 is 0 Å². The van der Waals surface area contributed by atoms with Gasteiger partial charge in [-0.05, 0) is 41.6 Å². The summed E-state index contributed by atoms with van der Waals surface area (Å²) >= 11 is 19.0. The van der Waals surface area contributed by atoms with Crippen LogP contribution in [0.4, 0.5) is 4.79 Å². The van der Waals surface area contributed by atoms with Gasteiger partial charge in [-0.2, -0.15) is 0 Å². The van der Waals surface area contributed by atoms with Gasteiger partial charge in [0.25, 0.3) is 11.1 Å². The summed E-state index contributed by atoms with van der Waals surface area (Å²) in [5, 5.41) is 0.829. The second-order valence-corrected chi connectivity index (χ2v) is 7.44. The highest BCUT2D eigenvalue weighted by molar-refractivity contribution is 8.18. The lowest BCUT2D eigenvalue weighted by molar-refractivity contribution is -0.123. The van der Waals surface area contributed by atoms with Crippen LogP contribution in [-0.2, 0) is 4.79 Å². The molecule has 1 fully saturated rings. The number of imide groups is 1. The summed E-state index contributed by atoms with van der Waals surface area (Å²) in [6.07, 6.45) is 1.56. The van der Waals surface area contributed by atoms with E-state index >= 15 is 0 Å². The fraction of sp³-hybridized carbons (Fsp3) is 0.111. The van der Waals surface area contributed by atoms with Crippen molar-refractivity contribution in [1.82, 2.24) is 4.90 Å². The molecule has 1 aliphatic rings. The summed E-state index contributed by atoms with van der Waals surface area (Å²) in [7, 11) is 0. The summed E-state index contributed by atoms with van der Waals surface area (Å²) in [5.41, 5.74) is 0.581. The first kappa shape index (κ1) is 19.1. The third-order valence-electron chi connectivity index (χ3n) is 3.55. The maximum absolute atomic E-state index is 12.5. The molecule has 2 aromatic rings. The van der Waals surface area contributed by atoms with Crippen molar-refractivity contribution in [2.24, 2.45) is 0 Å². The Hall–Kier alpha value is -1.66. The van der Waals surface area contributed by atoms with E-state index in [0.29, 0.717) is 26.4 Å². The molecular weight excluding hydrogens is 417 g/mol. The summed E-state index contributed by atoms with van der Waals surface area (Å²) in [5.74, 6) is 0.112. The number of thioether (sulfide) groups is 1. The Morgan fingerprint density at radius 2 is 1.73 bits per heavy atom. The maximum atomic E-state index is 12.5. The predicted molar refractivity (Wildman–Crippen MR) is 106 cm³/mol. The van der Waals surface area contributed by atoms with Gasteiger partial charge in [0.15, 0.2) is 0 Å². The molecule has 3 rings (SSSR count). The van der Waals surface area contributed by atoms with E-state index in [4.69, 9.17) is 39.5 Å². The van der Waals surface area contributed by atoms with Gasteiger partial charge in [0, 0.05) is 0 Å². The molecule has 0 spiro atoms. The molecule has 0 saturated carbocycles. The first-order chi connectivity index (χ1) is 12.5. The molecule has 0 atom stereocenters. The van der Waals surface area contributed by atoms with E-state index < -0.39 is 0 Å². The van der Waals surface area contributed by atoms with Gasteiger partial charge in [-0.3, -0.25) is 14.5 Å². The number of halogens is 3. The van der Waals surface area contributed by atoms with Gasteiger partial charge in [-0.25, -0.2) is 0 Å². The predicted octanol–water partition coefficient (Wildman–Crippen LogP) is 5.76. The van der Waals surface area contributed by atoms with Crippen LogP contribution >= 0.6 is 46.6 Å². The molecule has 0 bridgehead atoms. The number of para-hydroxylation sites is 1. The zero-order chi connectivity index (χ0) is 18.7. The number of hydrogen-bond donors (Lipinski definition) is 0. The van der Waals surface area contributed by atoms with E-state index in [1.165, 1.54) is 0 Å². The number of hydrogen-bond acceptors (Lipinski definition) is 4. The van der Waals surface area contributed by atoms with E-state index in [9.17, 15) is 9.59 Å². The van der Waals surface area contributed by atoms with Crippen LogP contribution in [0.2, 0.25) is 15.1 Å². The van der Waals surface area contributed by atoms with E-state index in [1.807, 2.05) is 0 Å². The number of rotatable bonds is 5. The fourth-order valence-electron chi connectivity index (χ4n) is 2.27. The molecule has 1 aliphatic heterocycles. The van der Waals surface area contributed by atoms with Gasteiger partial charge in [-0.1, -0.05) is 59.1 Å². The van der Waals surface area contributed by atoms with E-state index in [1.54, 1.807) is 48.5 Å². The van der Waals surface area contributed by atoms with Crippen LogP contribution in [0.5, 0.6) is 5.75 Å². The van der Waals surface area contributed by atoms with Crippen LogP contribution in [-0.4, -0.2) is 29.2 Å². The largest absolute Gasteiger partial charge is 0.490 e. The molecule has 0 radical (unpaired) electrons. The highest BCUT2D eigenvalue weighted by Crippen LogP contribution is 2.35. The van der Waals surface area contributed by atoms with Crippen LogP contribution < -0.4 is 4.74 Å². The first-order valence-corrected chi connectivity index (χ1v) is 9.49. The highest BCUT2D eigenvalue weighted by atomic mass is 35.5. The average molecular weight is 429 g/mol. The van der Waals surface area contributed by atoms with Crippen LogP contribution in [0.15, 0.2) is 47.4 Å². The Morgan fingerprint density at radius 3 is 2.50 bits per heavy atom. The Kier molecular flexibility index (Phi) is 6.14. The quantitative estimate of drug-likeness (QED) is 0.568. The molecule has 26 heavy (non-hydrogen) atoms. The number of benzene rings is 2. The van der Waals surface area contributed by atoms with Crippen molar-refractivity contribution < 1.29 is 14.3 Å². The van der Waals surface area contributed by atoms with Crippen molar-refractivity contribution in [2.75, 3.05) is 13.2 Å². The number of carbonyl (C=O) groups excluding carboxylic acids is 2. The minimum atomic E-state index is -0.390. The van der Waals surface area contributed by atoms with Crippen LogP contribution in [0.1, 0.15) is 5.56 Å². The van der Waals surface area contributed by atoms with Crippen molar-refractivity contribution in [1.29, 1.82) is 0 Å². The summed E-state index contributed by atoms with van der Waals surface area (Å²) in [6, 6.07) is 12.1. The average Bonchev–Trinajstić information content (AvgIpc) is 2.88. The lowest BCUT2D eigenvalue weighted by atomic mass is 10.2. The molecule has 1 saturated heterocycles. The van der Waals surface area contributed by atoms with Crippen molar-refractivity contribution in [3.05, 3.63) is 68.0 Å². The molecule has 0 aliphatic carbocycles. The Morgan fingerprint density at radius 1 is 1.00 bits per heavy atom. The fourth-order valence-corrected chi connectivity index (χ4v) is 3.68. The Labute approximate surface area is 169 Å². The van der Waals surface area contributed by atoms with Gasteiger partial charge < -0.3 is 4.74 Å². The number of amides is 2. The second kappa shape index (κ2) is 8.35. The third-order valence-corrected chi connectivity index (χ3v) is 5.60. The molecule has 8 heteroatoms. The normalized spacial score (nSPS) is 15.8. The molecule has 2 amide bonds. The van der Waals surface area contributed by atoms with E-state index in [2.05, 4.69) is 0 Å². The molecule has 0 N–H and O–H groups in total. The Bertz CT molecular complexity index is 901. The van der Waals surface area contributed by atoms with Crippen molar-refractivity contribution >= 4 is 63.8 Å². The standard InChI is InChI=1S/C18H12Cl3NO3S/c19-12-5-1-2-7-14(12)25-9-8-22-17(23)15(26-18(22)24)10-11-4-3-6-13(20)16(11)21/h1-7,10H,8-9H2/b15-10-. The van der Waals surface area contributed by atoms with Crippen LogP contribution in [0.3, 0.4) is 0 Å². The molecular formula is C18H12Cl3NO3S. The monoisotopic (exact) mass is 427 g/mol. The van der Waals surface area contributed by atoms with Crippen molar-refractivity contribution in [2.45, 2.75) is 0 Å². The van der Waals surface area contributed by atoms with Gasteiger partial charge in [-0.15, -0.1) is 0 Å². The molecule has 0 aromatic heterocycles. The molecule has 2 aromatic carbocycles. The second-order valence-electron chi connectivity index (χ2n) is 5.26. The number of carbonyl (C=O) groups is 2. The van der Waals surface area contributed by atoms with E-state index in [0.717, 1.165) is 16.7 Å². The highest BCUT2D eigenvalue weighted by Gasteiger charge is 2.35. The van der Waals surface area contributed by atoms with Gasteiger partial charge in [0.05, 0.1) is 26.5 Å². The van der Waals surface area contributed by atoms with Crippen molar-refractivity contribution in [3.63, 3.8) is 0 Å². The summed E-state index contributed by atoms with van der Waals surface area (Å²) in [6.45, 7) is 0.267. The first-order valence-electron chi connectivity index (χ1n) is 7.54. The smallest absolute Gasteiger partial charge is 0.293 e. The zero-order valence-electron chi connectivity index (χ0n) is 13.2.